The first kappa shape index (κ1) is 16.5. The molecule has 0 bridgehead atoms. The molecule has 0 aliphatic carbocycles. The predicted octanol–water partition coefficient (Wildman–Crippen LogP) is 2.70. The molecule has 0 aromatic carbocycles. The van der Waals surface area contributed by atoms with Crippen LogP contribution in [0.4, 0.5) is 0 Å². The van der Waals surface area contributed by atoms with Crippen molar-refractivity contribution in [3.05, 3.63) is 23.7 Å². The molecule has 1 amide bonds. The topological polar surface area (TPSA) is 45.9 Å². The first-order chi connectivity index (χ1) is 11.1. The average molecular weight is 320 g/mol. The number of methoxy groups -OCH3 is 1. The maximum absolute atomic E-state index is 12.6. The van der Waals surface area contributed by atoms with Gasteiger partial charge in [-0.1, -0.05) is 0 Å². The summed E-state index contributed by atoms with van der Waals surface area (Å²) in [7, 11) is 1.77. The highest BCUT2D eigenvalue weighted by atomic mass is 16.5. The van der Waals surface area contributed by atoms with E-state index in [1.54, 1.807) is 13.2 Å². The van der Waals surface area contributed by atoms with Crippen LogP contribution in [0.1, 0.15) is 48.4 Å². The second-order valence-corrected chi connectivity index (χ2v) is 6.86. The number of amides is 1. The molecule has 2 aliphatic heterocycles. The van der Waals surface area contributed by atoms with Gasteiger partial charge >= 0.3 is 0 Å². The highest BCUT2D eigenvalue weighted by Gasteiger charge is 2.41. The van der Waals surface area contributed by atoms with E-state index in [1.165, 1.54) is 19.3 Å². The molecule has 0 saturated carbocycles. The van der Waals surface area contributed by atoms with Crippen molar-refractivity contribution < 1.29 is 13.9 Å². The van der Waals surface area contributed by atoms with Crippen molar-refractivity contribution in [2.75, 3.05) is 39.9 Å². The van der Waals surface area contributed by atoms with Crippen molar-refractivity contribution in [1.82, 2.24) is 9.80 Å². The monoisotopic (exact) mass is 320 g/mol. The van der Waals surface area contributed by atoms with Crippen molar-refractivity contribution in [2.24, 2.45) is 0 Å². The Morgan fingerprint density at radius 1 is 1.22 bits per heavy atom. The number of likely N-dealkylation sites (tertiary alicyclic amines) is 2. The first-order valence-electron chi connectivity index (χ1n) is 8.74. The summed E-state index contributed by atoms with van der Waals surface area (Å²) in [5, 5.41) is 0. The summed E-state index contributed by atoms with van der Waals surface area (Å²) < 4.78 is 10.8. The van der Waals surface area contributed by atoms with Crippen LogP contribution in [0.3, 0.4) is 0 Å². The number of nitrogens with zero attached hydrogens (tertiary/aromatic N) is 2. The quantitative estimate of drug-likeness (QED) is 0.856. The summed E-state index contributed by atoms with van der Waals surface area (Å²) >= 11 is 0. The molecule has 1 atom stereocenters. The molecule has 128 valence electrons. The molecule has 3 heterocycles. The molecule has 5 heteroatoms. The third-order valence-electron chi connectivity index (χ3n) is 5.46. The van der Waals surface area contributed by atoms with Gasteiger partial charge in [0.2, 0.25) is 0 Å². The SMILES string of the molecule is COCCN1CCC[C@]12CCCN(C(=O)c1ccc(C)o1)CC2. The van der Waals surface area contributed by atoms with E-state index in [2.05, 4.69) is 4.90 Å². The Balaban J connectivity index is 1.65. The molecule has 2 aliphatic rings. The lowest BCUT2D eigenvalue weighted by Crippen LogP contribution is -2.46. The molecule has 1 aromatic rings. The van der Waals surface area contributed by atoms with E-state index in [9.17, 15) is 4.79 Å². The predicted molar refractivity (Wildman–Crippen MR) is 88.6 cm³/mol. The van der Waals surface area contributed by atoms with Crippen molar-refractivity contribution in [2.45, 2.75) is 44.6 Å². The zero-order valence-electron chi connectivity index (χ0n) is 14.3. The second kappa shape index (κ2) is 7.05. The number of carbonyl (C=O) groups excluding carboxylic acids is 1. The van der Waals surface area contributed by atoms with Gasteiger partial charge in [0.15, 0.2) is 5.76 Å². The summed E-state index contributed by atoms with van der Waals surface area (Å²) in [5.41, 5.74) is 0.270. The van der Waals surface area contributed by atoms with Gasteiger partial charge in [0, 0.05) is 32.3 Å². The van der Waals surface area contributed by atoms with Crippen LogP contribution in [0.5, 0.6) is 0 Å². The third kappa shape index (κ3) is 3.45. The van der Waals surface area contributed by atoms with Crippen LogP contribution < -0.4 is 0 Å². The molecular formula is C18H28N2O3. The smallest absolute Gasteiger partial charge is 0.289 e. The average Bonchev–Trinajstić information content (AvgIpc) is 3.07. The van der Waals surface area contributed by atoms with Crippen LogP contribution in [-0.2, 0) is 4.74 Å². The molecule has 0 N–H and O–H groups in total. The summed E-state index contributed by atoms with van der Waals surface area (Å²) in [5.74, 6) is 1.30. The Morgan fingerprint density at radius 3 is 2.70 bits per heavy atom. The maximum atomic E-state index is 12.6. The van der Waals surface area contributed by atoms with Crippen molar-refractivity contribution in [3.63, 3.8) is 0 Å². The van der Waals surface area contributed by atoms with Gasteiger partial charge in [0.1, 0.15) is 5.76 Å². The van der Waals surface area contributed by atoms with E-state index in [4.69, 9.17) is 9.15 Å². The molecule has 23 heavy (non-hydrogen) atoms. The van der Waals surface area contributed by atoms with Crippen molar-refractivity contribution in [1.29, 1.82) is 0 Å². The van der Waals surface area contributed by atoms with Crippen LogP contribution in [0.2, 0.25) is 0 Å². The minimum absolute atomic E-state index is 0.0385. The number of hydrogen-bond acceptors (Lipinski definition) is 4. The lowest BCUT2D eigenvalue weighted by molar-refractivity contribution is 0.0674. The van der Waals surface area contributed by atoms with E-state index in [1.807, 2.05) is 17.9 Å². The summed E-state index contributed by atoms with van der Waals surface area (Å²) in [4.78, 5) is 17.2. The first-order valence-corrected chi connectivity index (χ1v) is 8.74. The molecule has 0 unspecified atom stereocenters. The fourth-order valence-electron chi connectivity index (χ4n) is 4.20. The highest BCUT2D eigenvalue weighted by Crippen LogP contribution is 2.38. The van der Waals surface area contributed by atoms with Crippen molar-refractivity contribution >= 4 is 5.91 Å². The van der Waals surface area contributed by atoms with Gasteiger partial charge in [0.25, 0.3) is 5.91 Å². The maximum Gasteiger partial charge on any atom is 0.289 e. The number of furan rings is 1. The molecule has 2 fully saturated rings. The Bertz CT molecular complexity index is 542. The van der Waals surface area contributed by atoms with Gasteiger partial charge < -0.3 is 14.1 Å². The van der Waals surface area contributed by atoms with Gasteiger partial charge in [-0.05, 0) is 57.7 Å². The second-order valence-electron chi connectivity index (χ2n) is 6.86. The summed E-state index contributed by atoms with van der Waals surface area (Å²) in [6, 6.07) is 3.65. The molecular weight excluding hydrogens is 292 g/mol. The van der Waals surface area contributed by atoms with Crippen LogP contribution in [0.25, 0.3) is 0 Å². The molecule has 2 saturated heterocycles. The van der Waals surface area contributed by atoms with Crippen LogP contribution in [0, 0.1) is 6.92 Å². The molecule has 5 nitrogen and oxygen atoms in total. The van der Waals surface area contributed by atoms with Gasteiger partial charge in [-0.25, -0.2) is 0 Å². The third-order valence-corrected chi connectivity index (χ3v) is 5.46. The zero-order chi connectivity index (χ0) is 16.3. The number of hydrogen-bond donors (Lipinski definition) is 0. The van der Waals surface area contributed by atoms with Crippen LogP contribution >= 0.6 is 0 Å². The van der Waals surface area contributed by atoms with Crippen molar-refractivity contribution in [3.8, 4) is 0 Å². The van der Waals surface area contributed by atoms with Crippen LogP contribution in [-0.4, -0.2) is 61.1 Å². The van der Waals surface area contributed by atoms with Gasteiger partial charge in [0.05, 0.1) is 6.61 Å². The van der Waals surface area contributed by atoms with E-state index in [0.29, 0.717) is 5.76 Å². The van der Waals surface area contributed by atoms with Gasteiger partial charge in [-0.15, -0.1) is 0 Å². The zero-order valence-corrected chi connectivity index (χ0v) is 14.3. The minimum atomic E-state index is 0.0385. The minimum Gasteiger partial charge on any atom is -0.456 e. The van der Waals surface area contributed by atoms with E-state index in [-0.39, 0.29) is 11.4 Å². The number of ether oxygens (including phenoxy) is 1. The molecule has 3 rings (SSSR count). The van der Waals surface area contributed by atoms with E-state index >= 15 is 0 Å². The highest BCUT2D eigenvalue weighted by molar-refractivity contribution is 5.91. The standard InChI is InChI=1S/C18H28N2O3/c1-15-5-6-16(23-15)17(21)19-10-3-7-18(9-12-19)8-4-11-20(18)13-14-22-2/h5-6H,3-4,7-14H2,1-2H3/t18-/m0/s1. The fraction of sp³-hybridized carbons (Fsp3) is 0.722. The van der Waals surface area contributed by atoms with E-state index < -0.39 is 0 Å². The molecule has 1 spiro atoms. The number of aryl methyl sites for hydroxylation is 1. The van der Waals surface area contributed by atoms with Gasteiger partial charge in [-0.2, -0.15) is 0 Å². The Kier molecular flexibility index (Phi) is 5.07. The summed E-state index contributed by atoms with van der Waals surface area (Å²) in [6.45, 7) is 6.48. The van der Waals surface area contributed by atoms with Crippen LogP contribution in [0.15, 0.2) is 16.5 Å². The fourth-order valence-corrected chi connectivity index (χ4v) is 4.20. The molecule has 0 radical (unpaired) electrons. The number of rotatable bonds is 4. The van der Waals surface area contributed by atoms with Gasteiger partial charge in [-0.3, -0.25) is 9.69 Å². The largest absolute Gasteiger partial charge is 0.456 e. The number of carbonyl (C=O) groups is 1. The molecule has 1 aromatic heterocycles. The Morgan fingerprint density at radius 2 is 2.00 bits per heavy atom. The lowest BCUT2D eigenvalue weighted by atomic mass is 9.88. The normalized spacial score (nSPS) is 25.9. The summed E-state index contributed by atoms with van der Waals surface area (Å²) in [6.07, 6.45) is 5.81. The Hall–Kier alpha value is -1.33. The van der Waals surface area contributed by atoms with E-state index in [0.717, 1.165) is 51.4 Å². The Labute approximate surface area is 138 Å². The lowest BCUT2D eigenvalue weighted by Gasteiger charge is -2.38.